The van der Waals surface area contributed by atoms with Gasteiger partial charge in [0.05, 0.1) is 6.54 Å². The Morgan fingerprint density at radius 3 is 2.72 bits per heavy atom. The Kier molecular flexibility index (Phi) is 6.04. The Labute approximate surface area is 188 Å². The van der Waals surface area contributed by atoms with E-state index in [1.54, 1.807) is 11.9 Å². The second-order valence-electron chi connectivity index (χ2n) is 9.01. The highest BCUT2D eigenvalue weighted by molar-refractivity contribution is 5.99. The Morgan fingerprint density at radius 2 is 2.00 bits per heavy atom. The lowest BCUT2D eigenvalue weighted by Crippen LogP contribution is -2.41. The summed E-state index contributed by atoms with van der Waals surface area (Å²) in [4.78, 5) is 29.6. The summed E-state index contributed by atoms with van der Waals surface area (Å²) in [5.41, 5.74) is 5.63. The molecule has 1 aliphatic rings. The van der Waals surface area contributed by atoms with Crippen molar-refractivity contribution < 1.29 is 14.2 Å². The van der Waals surface area contributed by atoms with E-state index in [0.29, 0.717) is 36.5 Å². The van der Waals surface area contributed by atoms with E-state index in [9.17, 15) is 9.59 Å². The van der Waals surface area contributed by atoms with E-state index < -0.39 is 0 Å². The first kappa shape index (κ1) is 22.0. The summed E-state index contributed by atoms with van der Waals surface area (Å²) in [5, 5.41) is 8.74. The van der Waals surface area contributed by atoms with Crippen molar-refractivity contribution in [1.82, 2.24) is 24.7 Å². The second kappa shape index (κ2) is 8.76. The van der Waals surface area contributed by atoms with Gasteiger partial charge in [0, 0.05) is 55.8 Å². The number of nitrogens with zero attached hydrogens (tertiary/aromatic N) is 5. The summed E-state index contributed by atoms with van der Waals surface area (Å²) < 4.78 is 6.88. The number of aromatic nitrogens is 3. The fourth-order valence-electron chi connectivity index (χ4n) is 4.60. The van der Waals surface area contributed by atoms with Gasteiger partial charge in [-0.05, 0) is 63.3 Å². The molecule has 1 fully saturated rings. The van der Waals surface area contributed by atoms with Gasteiger partial charge < -0.3 is 14.4 Å². The molecule has 0 spiro atoms. The summed E-state index contributed by atoms with van der Waals surface area (Å²) >= 11 is 0. The molecule has 2 aromatic heterocycles. The zero-order chi connectivity index (χ0) is 23.0. The third-order valence-corrected chi connectivity index (χ3v) is 6.88. The van der Waals surface area contributed by atoms with Crippen molar-refractivity contribution in [3.63, 3.8) is 0 Å². The fraction of sp³-hybridized carbons (Fsp3) is 0.500. The molecule has 1 atom stereocenters. The van der Waals surface area contributed by atoms with Crippen molar-refractivity contribution in [2.75, 3.05) is 20.1 Å². The van der Waals surface area contributed by atoms with Crippen LogP contribution in [0.1, 0.15) is 52.3 Å². The molecular formula is C24H31N5O3. The number of hydrogen-bond acceptors (Lipinski definition) is 5. The van der Waals surface area contributed by atoms with Gasteiger partial charge in [-0.2, -0.15) is 0 Å². The zero-order valence-corrected chi connectivity index (χ0v) is 19.5. The molecule has 0 saturated carbocycles. The van der Waals surface area contributed by atoms with Crippen LogP contribution < -0.4 is 0 Å². The molecule has 32 heavy (non-hydrogen) atoms. The van der Waals surface area contributed by atoms with Crippen LogP contribution in [0.25, 0.3) is 10.9 Å². The van der Waals surface area contributed by atoms with Crippen LogP contribution in [-0.2, 0) is 18.4 Å². The van der Waals surface area contributed by atoms with Crippen LogP contribution >= 0.6 is 0 Å². The monoisotopic (exact) mass is 437 g/mol. The molecular weight excluding hydrogens is 406 g/mol. The van der Waals surface area contributed by atoms with Crippen LogP contribution in [0.2, 0.25) is 0 Å². The Bertz CT molecular complexity index is 1160. The van der Waals surface area contributed by atoms with Crippen molar-refractivity contribution in [2.24, 2.45) is 13.0 Å². The van der Waals surface area contributed by atoms with Gasteiger partial charge in [0.1, 0.15) is 11.4 Å². The van der Waals surface area contributed by atoms with Crippen molar-refractivity contribution in [2.45, 2.75) is 46.6 Å². The van der Waals surface area contributed by atoms with Crippen molar-refractivity contribution in [3.8, 4) is 0 Å². The second-order valence-corrected chi connectivity index (χ2v) is 9.01. The van der Waals surface area contributed by atoms with E-state index in [2.05, 4.69) is 35.8 Å². The lowest BCUT2D eigenvalue weighted by atomic mass is 9.93. The molecule has 1 aliphatic heterocycles. The van der Waals surface area contributed by atoms with Gasteiger partial charge >= 0.3 is 0 Å². The molecule has 0 N–H and O–H groups in total. The highest BCUT2D eigenvalue weighted by Gasteiger charge is 2.27. The average Bonchev–Trinajstić information content (AvgIpc) is 3.29. The minimum atomic E-state index is 0.0441. The van der Waals surface area contributed by atoms with Gasteiger partial charge in [0.2, 0.25) is 5.91 Å². The quantitative estimate of drug-likeness (QED) is 0.611. The van der Waals surface area contributed by atoms with E-state index in [1.807, 2.05) is 30.0 Å². The molecule has 3 heterocycles. The van der Waals surface area contributed by atoms with Gasteiger partial charge in [-0.3, -0.25) is 9.59 Å². The molecule has 2 amide bonds. The summed E-state index contributed by atoms with van der Waals surface area (Å²) in [6.07, 6.45) is 2.27. The number of amides is 2. The van der Waals surface area contributed by atoms with Crippen LogP contribution in [0.15, 0.2) is 22.8 Å². The Balaban J connectivity index is 1.41. The van der Waals surface area contributed by atoms with E-state index >= 15 is 0 Å². The van der Waals surface area contributed by atoms with Crippen molar-refractivity contribution in [3.05, 3.63) is 46.4 Å². The van der Waals surface area contributed by atoms with Crippen LogP contribution in [0.5, 0.6) is 0 Å². The fourth-order valence-corrected chi connectivity index (χ4v) is 4.60. The third-order valence-electron chi connectivity index (χ3n) is 6.88. The van der Waals surface area contributed by atoms with E-state index in [1.165, 1.54) is 11.3 Å². The lowest BCUT2D eigenvalue weighted by molar-refractivity contribution is -0.131. The molecule has 1 aromatic carbocycles. The van der Waals surface area contributed by atoms with E-state index in [-0.39, 0.29) is 17.7 Å². The smallest absolute Gasteiger partial charge is 0.253 e. The average molecular weight is 438 g/mol. The molecule has 8 heteroatoms. The maximum atomic E-state index is 13.3. The minimum absolute atomic E-state index is 0.0441. The highest BCUT2D eigenvalue weighted by Crippen LogP contribution is 2.27. The lowest BCUT2D eigenvalue weighted by Gasteiger charge is -2.33. The number of carbonyl (C=O) groups excluding carboxylic acids is 2. The summed E-state index contributed by atoms with van der Waals surface area (Å²) in [6.45, 7) is 7.72. The largest absolute Gasteiger partial charge is 0.348 e. The molecule has 1 saturated heterocycles. The maximum Gasteiger partial charge on any atom is 0.253 e. The SMILES string of the molecule is Cc1nonc1CN(C)C(=O)C[C@@H]1CCCN(C(=O)c2ccc3c(c2)c(C)c(C)n3C)C1. The zero-order valence-electron chi connectivity index (χ0n) is 19.5. The summed E-state index contributed by atoms with van der Waals surface area (Å²) in [6, 6.07) is 5.96. The van der Waals surface area contributed by atoms with E-state index in [4.69, 9.17) is 4.63 Å². The molecule has 0 aliphatic carbocycles. The normalized spacial score (nSPS) is 16.5. The first-order valence-electron chi connectivity index (χ1n) is 11.1. The van der Waals surface area contributed by atoms with Crippen LogP contribution in [0.3, 0.4) is 0 Å². The first-order valence-corrected chi connectivity index (χ1v) is 11.1. The van der Waals surface area contributed by atoms with Gasteiger partial charge in [-0.15, -0.1) is 0 Å². The van der Waals surface area contributed by atoms with Crippen LogP contribution in [-0.4, -0.2) is 56.6 Å². The number of benzene rings is 1. The molecule has 0 radical (unpaired) electrons. The standard InChI is InChI=1S/C24H31N5O3/c1-15-17(3)28(5)22-9-8-19(12-20(15)22)24(31)29-10-6-7-18(13-29)11-23(30)27(4)14-21-16(2)25-32-26-21/h8-9,12,18H,6-7,10-11,13-14H2,1-5H3/t18-/m0/s1. The van der Waals surface area contributed by atoms with Crippen LogP contribution in [0.4, 0.5) is 0 Å². The van der Waals surface area contributed by atoms with Gasteiger partial charge in [-0.25, -0.2) is 4.63 Å². The summed E-state index contributed by atoms with van der Waals surface area (Å²) in [5.74, 6) is 0.245. The highest BCUT2D eigenvalue weighted by atomic mass is 16.6. The molecule has 3 aromatic rings. The number of rotatable bonds is 5. The number of fused-ring (bicyclic) bond motifs is 1. The van der Waals surface area contributed by atoms with Crippen molar-refractivity contribution in [1.29, 1.82) is 0 Å². The number of carbonyl (C=O) groups is 2. The molecule has 4 rings (SSSR count). The van der Waals surface area contributed by atoms with Crippen LogP contribution in [0, 0.1) is 26.7 Å². The molecule has 170 valence electrons. The maximum absolute atomic E-state index is 13.3. The predicted octanol–water partition coefficient (Wildman–Crippen LogP) is 3.39. The topological polar surface area (TPSA) is 84.5 Å². The van der Waals surface area contributed by atoms with Gasteiger partial charge in [0.15, 0.2) is 0 Å². The Hall–Kier alpha value is -3.16. The molecule has 0 unspecified atom stereocenters. The predicted molar refractivity (Wildman–Crippen MR) is 121 cm³/mol. The van der Waals surface area contributed by atoms with Crippen molar-refractivity contribution >= 4 is 22.7 Å². The summed E-state index contributed by atoms with van der Waals surface area (Å²) in [7, 11) is 3.82. The third kappa shape index (κ3) is 4.13. The Morgan fingerprint density at radius 1 is 1.22 bits per heavy atom. The molecule has 8 nitrogen and oxygen atoms in total. The number of likely N-dealkylation sites (tertiary alicyclic amines) is 1. The molecule has 0 bridgehead atoms. The number of hydrogen-bond donors (Lipinski definition) is 0. The van der Waals surface area contributed by atoms with E-state index in [0.717, 1.165) is 30.3 Å². The minimum Gasteiger partial charge on any atom is -0.348 e. The van der Waals surface area contributed by atoms with Gasteiger partial charge in [0.25, 0.3) is 5.91 Å². The first-order chi connectivity index (χ1) is 15.3. The van der Waals surface area contributed by atoms with Gasteiger partial charge in [-0.1, -0.05) is 10.3 Å². The number of aryl methyl sites for hydroxylation is 3. The number of piperidine rings is 1.